The van der Waals surface area contributed by atoms with E-state index in [2.05, 4.69) is 27.8 Å². The molecule has 6 nitrogen and oxygen atoms in total. The number of hydrogen-bond donors (Lipinski definition) is 1. The third-order valence-corrected chi connectivity index (χ3v) is 9.32. The topological polar surface area (TPSA) is 67.0 Å². The molecule has 1 aromatic heterocycles. The van der Waals surface area contributed by atoms with E-state index in [-0.39, 0.29) is 22.8 Å². The van der Waals surface area contributed by atoms with Crippen molar-refractivity contribution in [1.82, 2.24) is 19.4 Å². The molecule has 2 aromatic carbocycles. The molecule has 2 heterocycles. The predicted octanol–water partition coefficient (Wildman–Crippen LogP) is 3.48. The Hall–Kier alpha value is -2.69. The Balaban J connectivity index is 1.27. The van der Waals surface area contributed by atoms with Crippen LogP contribution in [0.5, 0.6) is 0 Å². The molecule has 184 valence electrons. The summed E-state index contributed by atoms with van der Waals surface area (Å²) in [6.45, 7) is 0.126. The van der Waals surface area contributed by atoms with E-state index in [1.54, 1.807) is 13.1 Å². The van der Waals surface area contributed by atoms with Gasteiger partial charge in [0.1, 0.15) is 4.90 Å². The van der Waals surface area contributed by atoms with E-state index in [0.29, 0.717) is 24.1 Å². The van der Waals surface area contributed by atoms with E-state index in [9.17, 15) is 21.6 Å². The number of fused-ring (bicyclic) bond motifs is 4. The number of rotatable bonds is 6. The van der Waals surface area contributed by atoms with Crippen LogP contribution >= 0.6 is 0 Å². The van der Waals surface area contributed by atoms with E-state index in [1.807, 2.05) is 12.1 Å². The van der Waals surface area contributed by atoms with Gasteiger partial charge in [-0.05, 0) is 54.1 Å². The number of likely N-dealkylation sites (N-methyl/N-ethyl adjacent to an activating group) is 1. The Morgan fingerprint density at radius 1 is 1.11 bits per heavy atom. The molecule has 0 amide bonds. The minimum atomic E-state index is -4.37. The lowest BCUT2D eigenvalue weighted by molar-refractivity contribution is -0.137. The number of benzene rings is 2. The van der Waals surface area contributed by atoms with Gasteiger partial charge in [0, 0.05) is 37.3 Å². The van der Waals surface area contributed by atoms with Crippen molar-refractivity contribution >= 4 is 10.0 Å². The van der Waals surface area contributed by atoms with Crippen LogP contribution in [0.15, 0.2) is 59.8 Å². The number of aryl methyl sites for hydroxylation is 1. The quantitative estimate of drug-likeness (QED) is 0.525. The van der Waals surface area contributed by atoms with Crippen molar-refractivity contribution in [2.24, 2.45) is 12.5 Å². The van der Waals surface area contributed by atoms with Gasteiger partial charge < -0.3 is 0 Å². The van der Waals surface area contributed by atoms with Crippen LogP contribution in [-0.2, 0) is 42.6 Å². The third kappa shape index (κ3) is 3.61. The van der Waals surface area contributed by atoms with Crippen LogP contribution < -0.4 is 4.72 Å². The highest BCUT2D eigenvalue weighted by molar-refractivity contribution is 7.89. The van der Waals surface area contributed by atoms with Crippen LogP contribution in [-0.4, -0.2) is 42.2 Å². The number of sulfonamides is 1. The standard InChI is InChI=1S/C25H25F3N4O2S/c1-31-14-19(13-29-31)35(33,34)30-12-16-6-7-17-11-24(22-23(24)32(22)2)21(20(17)9-16)10-15-4-3-5-18(8-15)25(26,27)28/h3-9,13-14,21-23,30H,10-12H2,1-2H3. The lowest BCUT2D eigenvalue weighted by Crippen LogP contribution is -2.31. The van der Waals surface area contributed by atoms with E-state index in [1.165, 1.54) is 34.8 Å². The van der Waals surface area contributed by atoms with Gasteiger partial charge in [-0.25, -0.2) is 13.1 Å². The van der Waals surface area contributed by atoms with Gasteiger partial charge in [0.2, 0.25) is 10.0 Å². The monoisotopic (exact) mass is 502 g/mol. The highest BCUT2D eigenvalue weighted by Crippen LogP contribution is 2.76. The van der Waals surface area contributed by atoms with E-state index in [0.717, 1.165) is 23.6 Å². The van der Waals surface area contributed by atoms with Crippen LogP contribution in [0.1, 0.15) is 33.7 Å². The fourth-order valence-electron chi connectivity index (χ4n) is 6.25. The Kier molecular flexibility index (Phi) is 4.82. The molecule has 1 spiro atoms. The van der Waals surface area contributed by atoms with Crippen molar-refractivity contribution in [2.75, 3.05) is 7.05 Å². The maximum Gasteiger partial charge on any atom is 0.416 e. The van der Waals surface area contributed by atoms with Crippen molar-refractivity contribution in [2.45, 2.75) is 48.5 Å². The fraction of sp³-hybridized carbons (Fsp3) is 0.400. The molecule has 0 radical (unpaired) electrons. The van der Waals surface area contributed by atoms with E-state index in [4.69, 9.17) is 0 Å². The molecule has 0 bridgehead atoms. The Morgan fingerprint density at radius 2 is 1.89 bits per heavy atom. The second-order valence-corrected chi connectivity index (χ2v) is 11.8. The van der Waals surface area contributed by atoms with Gasteiger partial charge in [0.15, 0.2) is 0 Å². The lowest BCUT2D eigenvalue weighted by atomic mass is 9.80. The molecule has 35 heavy (non-hydrogen) atoms. The molecule has 2 aliphatic carbocycles. The van der Waals surface area contributed by atoms with Crippen LogP contribution in [0.4, 0.5) is 13.2 Å². The largest absolute Gasteiger partial charge is 0.416 e. The summed E-state index contributed by atoms with van der Waals surface area (Å²) in [4.78, 5) is 2.41. The minimum absolute atomic E-state index is 0.0686. The molecule has 3 aromatic rings. The molecular weight excluding hydrogens is 477 g/mol. The molecule has 2 fully saturated rings. The van der Waals surface area contributed by atoms with Crippen LogP contribution in [0, 0.1) is 5.41 Å². The normalized spacial score (nSPS) is 28.7. The zero-order valence-electron chi connectivity index (χ0n) is 19.2. The first-order chi connectivity index (χ1) is 16.5. The summed E-state index contributed by atoms with van der Waals surface area (Å²) in [6.07, 6.45) is -0.191. The fourth-order valence-corrected chi connectivity index (χ4v) is 7.25. The Bertz CT molecular complexity index is 1420. The van der Waals surface area contributed by atoms with Crippen molar-refractivity contribution in [3.8, 4) is 0 Å². The number of alkyl halides is 3. The molecule has 6 rings (SSSR count). The number of likely N-dealkylation sites (tertiary alicyclic amines) is 1. The van der Waals surface area contributed by atoms with Crippen LogP contribution in [0.3, 0.4) is 0 Å². The van der Waals surface area contributed by atoms with Crippen molar-refractivity contribution in [1.29, 1.82) is 0 Å². The average molecular weight is 503 g/mol. The molecule has 3 atom stereocenters. The average Bonchev–Trinajstić information content (AvgIpc) is 3.56. The lowest BCUT2D eigenvalue weighted by Gasteiger charge is -2.29. The van der Waals surface area contributed by atoms with Gasteiger partial charge >= 0.3 is 6.18 Å². The SMILES string of the molecule is CN1C2C1C21Cc2ccc(CNS(=O)(=O)c3cnn(C)c3)cc2C1Cc1cccc(C(F)(F)F)c1. The molecule has 1 N–H and O–H groups in total. The molecule has 3 aliphatic rings. The molecule has 1 saturated heterocycles. The van der Waals surface area contributed by atoms with Gasteiger partial charge in [0.05, 0.1) is 11.8 Å². The minimum Gasteiger partial charge on any atom is -0.296 e. The van der Waals surface area contributed by atoms with Gasteiger partial charge in [-0.2, -0.15) is 18.3 Å². The molecule has 3 unspecified atom stereocenters. The van der Waals surface area contributed by atoms with E-state index >= 15 is 0 Å². The first kappa shape index (κ1) is 22.8. The molecular formula is C25H25F3N4O2S. The maximum atomic E-state index is 13.3. The van der Waals surface area contributed by atoms with Gasteiger partial charge in [-0.15, -0.1) is 0 Å². The third-order valence-electron chi connectivity index (χ3n) is 7.96. The number of nitrogens with one attached hydrogen (secondary N) is 1. The molecule has 1 aliphatic heterocycles. The second kappa shape index (κ2) is 7.41. The van der Waals surface area contributed by atoms with Crippen molar-refractivity contribution in [3.05, 3.63) is 82.7 Å². The summed E-state index contributed by atoms with van der Waals surface area (Å²) in [5.74, 6) is 0.0991. The number of halogens is 3. The van der Waals surface area contributed by atoms with Crippen molar-refractivity contribution in [3.63, 3.8) is 0 Å². The van der Waals surface area contributed by atoms with Gasteiger partial charge in [-0.1, -0.05) is 36.4 Å². The molecule has 10 heteroatoms. The van der Waals surface area contributed by atoms with Crippen LogP contribution in [0.25, 0.3) is 0 Å². The van der Waals surface area contributed by atoms with Crippen molar-refractivity contribution < 1.29 is 21.6 Å². The highest BCUT2D eigenvalue weighted by Gasteiger charge is 2.84. The second-order valence-electron chi connectivity index (χ2n) is 10.0. The number of aromatic nitrogens is 2. The zero-order chi connectivity index (χ0) is 24.8. The maximum absolute atomic E-state index is 13.3. The van der Waals surface area contributed by atoms with Gasteiger partial charge in [0.25, 0.3) is 0 Å². The first-order valence-electron chi connectivity index (χ1n) is 11.5. The van der Waals surface area contributed by atoms with E-state index < -0.39 is 21.8 Å². The summed E-state index contributed by atoms with van der Waals surface area (Å²) in [5, 5.41) is 3.92. The first-order valence-corrected chi connectivity index (χ1v) is 13.0. The summed E-state index contributed by atoms with van der Waals surface area (Å²) < 4.78 is 69.2. The zero-order valence-corrected chi connectivity index (χ0v) is 20.1. The Morgan fingerprint density at radius 3 is 2.54 bits per heavy atom. The number of nitrogens with zero attached hydrogens (tertiary/aromatic N) is 3. The predicted molar refractivity (Wildman–Crippen MR) is 123 cm³/mol. The van der Waals surface area contributed by atoms with Crippen LogP contribution in [0.2, 0.25) is 0 Å². The number of hydrogen-bond acceptors (Lipinski definition) is 4. The molecule has 1 saturated carbocycles. The Labute approximate surface area is 201 Å². The summed E-state index contributed by atoms with van der Waals surface area (Å²) >= 11 is 0. The van der Waals surface area contributed by atoms with Gasteiger partial charge in [-0.3, -0.25) is 9.58 Å². The summed E-state index contributed by atoms with van der Waals surface area (Å²) in [5.41, 5.74) is 3.28. The smallest absolute Gasteiger partial charge is 0.296 e. The summed E-state index contributed by atoms with van der Waals surface area (Å²) in [7, 11) is 0.0408. The summed E-state index contributed by atoms with van der Waals surface area (Å²) in [6, 6.07) is 12.6. The highest BCUT2D eigenvalue weighted by atomic mass is 32.2.